The lowest BCUT2D eigenvalue weighted by Crippen LogP contribution is -2.30. The molecule has 34 heavy (non-hydrogen) atoms. The number of aromatic nitrogens is 4. The predicted octanol–water partition coefficient (Wildman–Crippen LogP) is 2.04. The van der Waals surface area contributed by atoms with Gasteiger partial charge in [0.05, 0.1) is 19.0 Å². The van der Waals surface area contributed by atoms with Crippen molar-refractivity contribution in [2.75, 3.05) is 24.8 Å². The molecule has 0 unspecified atom stereocenters. The lowest BCUT2D eigenvalue weighted by molar-refractivity contribution is -0.136. The van der Waals surface area contributed by atoms with Crippen LogP contribution in [0.2, 0.25) is 0 Å². The summed E-state index contributed by atoms with van der Waals surface area (Å²) in [6.07, 6.45) is 10.6. The van der Waals surface area contributed by atoms with Gasteiger partial charge in [0.1, 0.15) is 18.2 Å². The zero-order valence-corrected chi connectivity index (χ0v) is 20.1. The van der Waals surface area contributed by atoms with Crippen LogP contribution in [0, 0.1) is 0 Å². The summed E-state index contributed by atoms with van der Waals surface area (Å²) >= 11 is 0. The molecule has 0 fully saturated rings. The Balaban J connectivity index is 1.34. The lowest BCUT2D eigenvalue weighted by atomic mass is 10.1. The summed E-state index contributed by atoms with van der Waals surface area (Å²) in [5.41, 5.74) is 1.25. The van der Waals surface area contributed by atoms with Crippen molar-refractivity contribution in [1.29, 1.82) is 0 Å². The molecule has 3 rings (SSSR count). The van der Waals surface area contributed by atoms with Crippen molar-refractivity contribution in [1.82, 2.24) is 24.4 Å². The zero-order chi connectivity index (χ0) is 24.6. The fourth-order valence-electron chi connectivity index (χ4n) is 3.66. The number of unbranched alkanes of at least 4 members (excludes halogenated alkanes) is 5. The van der Waals surface area contributed by atoms with Gasteiger partial charge in [0.15, 0.2) is 11.5 Å². The zero-order valence-electron chi connectivity index (χ0n) is 19.2. The highest BCUT2D eigenvalue weighted by Crippen LogP contribution is 2.34. The molecule has 13 heteroatoms. The summed E-state index contributed by atoms with van der Waals surface area (Å²) in [7, 11) is -4.21. The van der Waals surface area contributed by atoms with Gasteiger partial charge in [-0.3, -0.25) is 19.1 Å². The third-order valence-electron chi connectivity index (χ3n) is 5.38. The SMILES string of the molecule is C[C@H](Cn1cnc2c(NCCCCCCCCN3C(=O)C=CC3=O)ncnc21)OCP(=O)(O)O. The van der Waals surface area contributed by atoms with Gasteiger partial charge in [-0.15, -0.1) is 0 Å². The summed E-state index contributed by atoms with van der Waals surface area (Å²) in [6, 6.07) is 0. The van der Waals surface area contributed by atoms with Gasteiger partial charge in [-0.25, -0.2) is 15.0 Å². The molecular weight excluding hydrogens is 463 g/mol. The van der Waals surface area contributed by atoms with Crippen LogP contribution in [0.1, 0.15) is 45.4 Å². The Labute approximate surface area is 197 Å². The van der Waals surface area contributed by atoms with Crippen molar-refractivity contribution in [2.24, 2.45) is 0 Å². The van der Waals surface area contributed by atoms with Gasteiger partial charge in [0.2, 0.25) is 0 Å². The number of amides is 2. The number of hydrogen-bond acceptors (Lipinski definition) is 8. The Hall–Kier alpha value is -2.66. The number of imidazole rings is 1. The molecule has 0 radical (unpaired) electrons. The first kappa shape index (κ1) is 26.0. The summed E-state index contributed by atoms with van der Waals surface area (Å²) in [6.45, 7) is 3.30. The third kappa shape index (κ3) is 7.69. The van der Waals surface area contributed by atoms with E-state index in [-0.39, 0.29) is 11.8 Å². The monoisotopic (exact) mass is 494 g/mol. The third-order valence-corrected chi connectivity index (χ3v) is 5.87. The average molecular weight is 494 g/mol. The number of fused-ring (bicyclic) bond motifs is 1. The van der Waals surface area contributed by atoms with Gasteiger partial charge in [-0.05, 0) is 19.8 Å². The van der Waals surface area contributed by atoms with Crippen LogP contribution in [0.4, 0.5) is 5.82 Å². The van der Waals surface area contributed by atoms with E-state index in [0.717, 1.165) is 45.1 Å². The molecule has 12 nitrogen and oxygen atoms in total. The van der Waals surface area contributed by atoms with Crippen LogP contribution in [-0.2, 0) is 25.4 Å². The van der Waals surface area contributed by atoms with E-state index in [0.29, 0.717) is 30.1 Å². The number of ether oxygens (including phenoxy) is 1. The Kier molecular flexibility index (Phi) is 9.28. The van der Waals surface area contributed by atoms with E-state index in [4.69, 9.17) is 14.5 Å². The largest absolute Gasteiger partial charge is 0.368 e. The summed E-state index contributed by atoms with van der Waals surface area (Å²) in [4.78, 5) is 55.1. The lowest BCUT2D eigenvalue weighted by Gasteiger charge is -2.14. The van der Waals surface area contributed by atoms with E-state index in [1.807, 2.05) is 0 Å². The van der Waals surface area contributed by atoms with E-state index in [9.17, 15) is 14.2 Å². The van der Waals surface area contributed by atoms with E-state index < -0.39 is 20.0 Å². The van der Waals surface area contributed by atoms with Crippen LogP contribution in [-0.4, -0.2) is 71.6 Å². The van der Waals surface area contributed by atoms with Crippen LogP contribution in [0.25, 0.3) is 11.2 Å². The van der Waals surface area contributed by atoms with Crippen LogP contribution in [0.3, 0.4) is 0 Å². The molecule has 3 heterocycles. The topological polar surface area (TPSA) is 160 Å². The number of imide groups is 1. The maximum Gasteiger partial charge on any atom is 0.350 e. The first-order valence-corrected chi connectivity index (χ1v) is 13.1. The number of nitrogens with one attached hydrogen (secondary N) is 1. The molecule has 186 valence electrons. The van der Waals surface area contributed by atoms with Crippen LogP contribution >= 0.6 is 7.60 Å². The average Bonchev–Trinajstić information content (AvgIpc) is 3.34. The Morgan fingerprint density at radius 3 is 2.41 bits per heavy atom. The molecule has 0 aliphatic carbocycles. The van der Waals surface area contributed by atoms with Gasteiger partial charge >= 0.3 is 7.60 Å². The van der Waals surface area contributed by atoms with Crippen molar-refractivity contribution in [3.05, 3.63) is 24.8 Å². The standard InChI is InChI=1S/C21H31N6O6P/c1-16(33-15-34(30,31)32)12-26-14-25-19-20(23-13-24-21(19)26)22-10-6-4-2-3-5-7-11-27-17(28)8-9-18(27)29/h8-9,13-14,16H,2-7,10-12,15H2,1H3,(H,22,23,24)(H2,30,31,32)/t16-/m1/s1. The quantitative estimate of drug-likeness (QED) is 0.190. The highest BCUT2D eigenvalue weighted by molar-refractivity contribution is 7.51. The number of anilines is 1. The Morgan fingerprint density at radius 1 is 1.03 bits per heavy atom. The molecule has 0 saturated heterocycles. The molecule has 1 aliphatic heterocycles. The van der Waals surface area contributed by atoms with Crippen LogP contribution in [0.15, 0.2) is 24.8 Å². The molecule has 0 bridgehead atoms. The van der Waals surface area contributed by atoms with Gasteiger partial charge < -0.3 is 24.4 Å². The summed E-state index contributed by atoms with van der Waals surface area (Å²) in [5.74, 6) is 0.200. The number of rotatable bonds is 15. The second-order valence-corrected chi connectivity index (χ2v) is 9.86. The highest BCUT2D eigenvalue weighted by atomic mass is 31.2. The molecule has 2 aromatic heterocycles. The van der Waals surface area contributed by atoms with Gasteiger partial charge in [-0.2, -0.15) is 0 Å². The number of hydrogen-bond donors (Lipinski definition) is 3. The van der Waals surface area contributed by atoms with Gasteiger partial charge in [0.25, 0.3) is 11.8 Å². The van der Waals surface area contributed by atoms with Crippen molar-refractivity contribution < 1.29 is 28.7 Å². The summed E-state index contributed by atoms with van der Waals surface area (Å²) in [5, 5.41) is 3.30. The summed E-state index contributed by atoms with van der Waals surface area (Å²) < 4.78 is 18.0. The molecule has 1 aliphatic rings. The van der Waals surface area contributed by atoms with Crippen molar-refractivity contribution in [2.45, 2.75) is 58.1 Å². The molecular formula is C21H31N6O6P. The molecule has 2 amide bonds. The Morgan fingerprint density at radius 2 is 1.71 bits per heavy atom. The van der Waals surface area contributed by atoms with E-state index in [1.54, 1.807) is 17.8 Å². The highest BCUT2D eigenvalue weighted by Gasteiger charge is 2.22. The molecule has 0 saturated carbocycles. The number of carbonyl (C=O) groups is 2. The van der Waals surface area contributed by atoms with Crippen LogP contribution < -0.4 is 5.32 Å². The second-order valence-electron chi connectivity index (χ2n) is 8.27. The fraction of sp³-hybridized carbons (Fsp3) is 0.571. The smallest absolute Gasteiger partial charge is 0.350 e. The van der Waals surface area contributed by atoms with Gasteiger partial charge in [0, 0.05) is 25.2 Å². The number of carbonyl (C=O) groups excluding carboxylic acids is 2. The first-order chi connectivity index (χ1) is 16.2. The van der Waals surface area contributed by atoms with Crippen molar-refractivity contribution in [3.63, 3.8) is 0 Å². The van der Waals surface area contributed by atoms with Crippen LogP contribution in [0.5, 0.6) is 0 Å². The minimum atomic E-state index is -4.21. The second kappa shape index (κ2) is 12.2. The molecule has 0 spiro atoms. The normalized spacial score (nSPS) is 15.0. The molecule has 2 aromatic rings. The van der Waals surface area contributed by atoms with E-state index >= 15 is 0 Å². The Bertz CT molecular complexity index is 1050. The van der Waals surface area contributed by atoms with E-state index in [1.165, 1.54) is 23.4 Å². The fourth-order valence-corrected chi connectivity index (χ4v) is 4.11. The number of nitrogens with zero attached hydrogens (tertiary/aromatic N) is 5. The maximum atomic E-state index is 11.5. The van der Waals surface area contributed by atoms with Gasteiger partial charge in [-0.1, -0.05) is 25.7 Å². The first-order valence-electron chi connectivity index (χ1n) is 11.3. The minimum Gasteiger partial charge on any atom is -0.368 e. The molecule has 1 atom stereocenters. The van der Waals surface area contributed by atoms with E-state index in [2.05, 4.69) is 20.3 Å². The maximum absolute atomic E-state index is 11.5. The predicted molar refractivity (Wildman–Crippen MR) is 125 cm³/mol. The minimum absolute atomic E-state index is 0.220. The molecule has 3 N–H and O–H groups in total. The van der Waals surface area contributed by atoms with Crippen molar-refractivity contribution >= 4 is 36.4 Å². The van der Waals surface area contributed by atoms with Crippen molar-refractivity contribution in [3.8, 4) is 0 Å². The molecule has 0 aromatic carbocycles.